The van der Waals surface area contributed by atoms with E-state index in [0.717, 1.165) is 5.56 Å². The minimum absolute atomic E-state index is 0.147. The van der Waals surface area contributed by atoms with Crippen LogP contribution in [0.25, 0.3) is 0 Å². The topological polar surface area (TPSA) is 78.9 Å². The number of cyclic esters (lactones) is 1. The number of ether oxygens (including phenoxy) is 3. The van der Waals surface area contributed by atoms with Crippen molar-refractivity contribution < 1.29 is 28.6 Å². The van der Waals surface area contributed by atoms with E-state index < -0.39 is 17.5 Å². The van der Waals surface area contributed by atoms with Gasteiger partial charge in [0.25, 0.3) is 0 Å². The number of carbonyl (C=O) groups is 3. The first-order chi connectivity index (χ1) is 12.0. The Bertz CT molecular complexity index is 857. The molecular formula is C19H16O6. The van der Waals surface area contributed by atoms with E-state index in [1.54, 1.807) is 24.3 Å². The SMILES string of the molecule is COc1cc(C=O)ccc1OC(=O)C1(C)Cc2ccccc2C(=O)O1. The van der Waals surface area contributed by atoms with Gasteiger partial charge in [-0.05, 0) is 36.8 Å². The Kier molecular flexibility index (Phi) is 4.27. The maximum absolute atomic E-state index is 12.6. The minimum Gasteiger partial charge on any atom is -0.493 e. The fourth-order valence-electron chi connectivity index (χ4n) is 2.70. The van der Waals surface area contributed by atoms with E-state index in [1.165, 1.54) is 32.2 Å². The van der Waals surface area contributed by atoms with Crippen LogP contribution in [-0.2, 0) is 16.0 Å². The van der Waals surface area contributed by atoms with Crippen molar-refractivity contribution in [3.05, 3.63) is 59.2 Å². The van der Waals surface area contributed by atoms with Crippen molar-refractivity contribution in [2.45, 2.75) is 18.9 Å². The average molecular weight is 340 g/mol. The summed E-state index contributed by atoms with van der Waals surface area (Å²) in [7, 11) is 1.40. The molecule has 0 spiro atoms. The Morgan fingerprint density at radius 1 is 1.20 bits per heavy atom. The normalized spacial score (nSPS) is 18.7. The largest absolute Gasteiger partial charge is 0.493 e. The molecule has 2 aromatic carbocycles. The van der Waals surface area contributed by atoms with Crippen LogP contribution >= 0.6 is 0 Å². The molecule has 0 fully saturated rings. The highest BCUT2D eigenvalue weighted by Gasteiger charge is 2.44. The van der Waals surface area contributed by atoms with Crippen molar-refractivity contribution in [3.8, 4) is 11.5 Å². The number of benzene rings is 2. The minimum atomic E-state index is -1.44. The van der Waals surface area contributed by atoms with E-state index in [0.29, 0.717) is 17.4 Å². The highest BCUT2D eigenvalue weighted by Crippen LogP contribution is 2.32. The Balaban J connectivity index is 1.87. The molecule has 6 nitrogen and oxygen atoms in total. The molecule has 0 saturated carbocycles. The summed E-state index contributed by atoms with van der Waals surface area (Å²) in [6.45, 7) is 1.51. The summed E-state index contributed by atoms with van der Waals surface area (Å²) < 4.78 is 15.9. The molecule has 128 valence electrons. The maximum Gasteiger partial charge on any atom is 0.356 e. The molecule has 0 aromatic heterocycles. The van der Waals surface area contributed by atoms with Gasteiger partial charge in [-0.25, -0.2) is 9.59 Å². The third-order valence-electron chi connectivity index (χ3n) is 4.04. The predicted octanol–water partition coefficient (Wildman–Crippen LogP) is 2.58. The van der Waals surface area contributed by atoms with Crippen molar-refractivity contribution in [1.82, 2.24) is 0 Å². The quantitative estimate of drug-likeness (QED) is 0.483. The summed E-state index contributed by atoms with van der Waals surface area (Å²) >= 11 is 0. The van der Waals surface area contributed by atoms with Crippen LogP contribution in [0.3, 0.4) is 0 Å². The van der Waals surface area contributed by atoms with Gasteiger partial charge in [0, 0.05) is 12.0 Å². The van der Waals surface area contributed by atoms with Gasteiger partial charge in [-0.1, -0.05) is 18.2 Å². The van der Waals surface area contributed by atoms with Crippen molar-refractivity contribution in [3.63, 3.8) is 0 Å². The van der Waals surface area contributed by atoms with Crippen LogP contribution in [0.5, 0.6) is 11.5 Å². The summed E-state index contributed by atoms with van der Waals surface area (Å²) in [5.41, 5.74) is 0.114. The Hall–Kier alpha value is -3.15. The molecule has 0 bridgehead atoms. The van der Waals surface area contributed by atoms with Crippen LogP contribution in [0.1, 0.15) is 33.2 Å². The van der Waals surface area contributed by atoms with Crippen molar-refractivity contribution in [1.29, 1.82) is 0 Å². The predicted molar refractivity (Wildman–Crippen MR) is 88.0 cm³/mol. The highest BCUT2D eigenvalue weighted by molar-refractivity contribution is 5.96. The summed E-state index contributed by atoms with van der Waals surface area (Å²) in [5, 5.41) is 0. The third kappa shape index (κ3) is 3.10. The Labute approximate surface area is 144 Å². The number of methoxy groups -OCH3 is 1. The maximum atomic E-state index is 12.6. The number of fused-ring (bicyclic) bond motifs is 1. The first-order valence-electron chi connectivity index (χ1n) is 7.63. The number of aldehydes is 1. The zero-order chi connectivity index (χ0) is 18.0. The van der Waals surface area contributed by atoms with E-state index in [2.05, 4.69) is 0 Å². The van der Waals surface area contributed by atoms with E-state index in [9.17, 15) is 14.4 Å². The molecule has 1 aliphatic heterocycles. The zero-order valence-corrected chi connectivity index (χ0v) is 13.8. The summed E-state index contributed by atoms with van der Waals surface area (Å²) in [4.78, 5) is 35.7. The molecule has 1 heterocycles. The number of esters is 2. The van der Waals surface area contributed by atoms with Crippen molar-refractivity contribution in [2.24, 2.45) is 0 Å². The summed E-state index contributed by atoms with van der Waals surface area (Å²) in [5.74, 6) is -0.893. The van der Waals surface area contributed by atoms with Crippen LogP contribution in [0, 0.1) is 0 Å². The van der Waals surface area contributed by atoms with E-state index in [-0.39, 0.29) is 17.9 Å². The summed E-state index contributed by atoms with van der Waals surface area (Å²) in [6.07, 6.45) is 0.873. The first-order valence-corrected chi connectivity index (χ1v) is 7.63. The lowest BCUT2D eigenvalue weighted by Gasteiger charge is -2.32. The van der Waals surface area contributed by atoms with Gasteiger partial charge in [-0.15, -0.1) is 0 Å². The molecule has 0 radical (unpaired) electrons. The lowest BCUT2D eigenvalue weighted by atomic mass is 9.90. The third-order valence-corrected chi connectivity index (χ3v) is 4.04. The molecule has 6 heteroatoms. The molecule has 1 atom stereocenters. The van der Waals surface area contributed by atoms with E-state index in [1.807, 2.05) is 0 Å². The van der Waals surface area contributed by atoms with Crippen LogP contribution in [0.4, 0.5) is 0 Å². The van der Waals surface area contributed by atoms with Crippen LogP contribution < -0.4 is 9.47 Å². The van der Waals surface area contributed by atoms with E-state index >= 15 is 0 Å². The lowest BCUT2D eigenvalue weighted by Crippen LogP contribution is -2.48. The molecule has 0 saturated heterocycles. The molecule has 25 heavy (non-hydrogen) atoms. The fraction of sp³-hybridized carbons (Fsp3) is 0.211. The van der Waals surface area contributed by atoms with Crippen LogP contribution in [0.15, 0.2) is 42.5 Å². The molecule has 3 rings (SSSR count). The Morgan fingerprint density at radius 2 is 1.96 bits per heavy atom. The van der Waals surface area contributed by atoms with E-state index in [4.69, 9.17) is 14.2 Å². The lowest BCUT2D eigenvalue weighted by molar-refractivity contribution is -0.155. The number of carbonyl (C=O) groups excluding carboxylic acids is 3. The second-order valence-electron chi connectivity index (χ2n) is 5.87. The smallest absolute Gasteiger partial charge is 0.356 e. The molecule has 0 amide bonds. The van der Waals surface area contributed by atoms with Gasteiger partial charge in [-0.2, -0.15) is 0 Å². The van der Waals surface area contributed by atoms with Crippen LogP contribution in [-0.4, -0.2) is 30.9 Å². The molecule has 0 aliphatic carbocycles. The number of rotatable bonds is 4. The van der Waals surface area contributed by atoms with Gasteiger partial charge in [0.1, 0.15) is 6.29 Å². The number of hydrogen-bond acceptors (Lipinski definition) is 6. The first kappa shape index (κ1) is 16.7. The van der Waals surface area contributed by atoms with Gasteiger partial charge < -0.3 is 14.2 Å². The van der Waals surface area contributed by atoms with Gasteiger partial charge in [0.15, 0.2) is 11.5 Å². The second-order valence-corrected chi connectivity index (χ2v) is 5.87. The molecule has 0 N–H and O–H groups in total. The molecular weight excluding hydrogens is 324 g/mol. The molecule has 1 aliphatic rings. The van der Waals surface area contributed by atoms with Gasteiger partial charge in [0.2, 0.25) is 5.60 Å². The zero-order valence-electron chi connectivity index (χ0n) is 13.8. The monoisotopic (exact) mass is 340 g/mol. The average Bonchev–Trinajstić information content (AvgIpc) is 2.61. The standard InChI is InChI=1S/C19H16O6/c1-19(10-13-5-3-4-6-14(13)17(21)25-19)18(22)24-15-8-7-12(11-20)9-16(15)23-2/h3-9,11H,10H2,1-2H3. The van der Waals surface area contributed by atoms with Gasteiger partial charge in [0.05, 0.1) is 12.7 Å². The Morgan fingerprint density at radius 3 is 2.68 bits per heavy atom. The van der Waals surface area contributed by atoms with Crippen molar-refractivity contribution in [2.75, 3.05) is 7.11 Å². The highest BCUT2D eigenvalue weighted by atomic mass is 16.6. The van der Waals surface area contributed by atoms with Gasteiger partial charge in [-0.3, -0.25) is 4.79 Å². The van der Waals surface area contributed by atoms with Gasteiger partial charge >= 0.3 is 11.9 Å². The van der Waals surface area contributed by atoms with Crippen molar-refractivity contribution >= 4 is 18.2 Å². The second kappa shape index (κ2) is 6.39. The number of hydrogen-bond donors (Lipinski definition) is 0. The van der Waals surface area contributed by atoms with Crippen LogP contribution in [0.2, 0.25) is 0 Å². The summed E-state index contributed by atoms with van der Waals surface area (Å²) in [6, 6.07) is 11.4. The molecule has 1 unspecified atom stereocenters. The molecule has 2 aromatic rings. The fourth-order valence-corrected chi connectivity index (χ4v) is 2.70.